The molecule has 0 radical (unpaired) electrons. The summed E-state index contributed by atoms with van der Waals surface area (Å²) in [6.45, 7) is 12.2. The molecule has 2 aromatic carbocycles. The van der Waals surface area contributed by atoms with Gasteiger partial charge in [0, 0.05) is 51.4 Å². The normalized spacial score (nSPS) is 17.2. The van der Waals surface area contributed by atoms with Crippen molar-refractivity contribution in [2.24, 2.45) is 0 Å². The minimum atomic E-state index is -0.461. The monoisotopic (exact) mass is 413 g/mol. The van der Waals surface area contributed by atoms with E-state index < -0.39 is 6.10 Å². The van der Waals surface area contributed by atoms with Crippen LogP contribution in [-0.4, -0.2) is 84.9 Å². The second-order valence-electron chi connectivity index (χ2n) is 9.04. The lowest BCUT2D eigenvalue weighted by atomic mass is 10.1. The molecule has 30 heavy (non-hydrogen) atoms. The van der Waals surface area contributed by atoms with Gasteiger partial charge < -0.3 is 15.2 Å². The van der Waals surface area contributed by atoms with Gasteiger partial charge in [-0.1, -0.05) is 30.3 Å². The molecule has 0 aliphatic carbocycles. The van der Waals surface area contributed by atoms with Gasteiger partial charge in [0.15, 0.2) is 0 Å². The molecule has 0 bridgehead atoms. The number of amides is 1. The van der Waals surface area contributed by atoms with Gasteiger partial charge >= 0.3 is 0 Å². The first-order chi connectivity index (χ1) is 14.3. The molecule has 1 amide bonds. The molecular weight excluding hydrogens is 378 g/mol. The first kappa shape index (κ1) is 22.7. The van der Waals surface area contributed by atoms with Crippen LogP contribution in [0.5, 0.6) is 0 Å². The van der Waals surface area contributed by atoms with E-state index in [1.165, 1.54) is 0 Å². The van der Waals surface area contributed by atoms with Gasteiger partial charge in [-0.25, -0.2) is 0 Å². The summed E-state index contributed by atoms with van der Waals surface area (Å²) in [6, 6.07) is 13.9. The van der Waals surface area contributed by atoms with Gasteiger partial charge in [0.2, 0.25) is 0 Å². The van der Waals surface area contributed by atoms with Crippen molar-refractivity contribution in [3.8, 4) is 0 Å². The maximum atomic E-state index is 12.5. The van der Waals surface area contributed by atoms with Crippen molar-refractivity contribution in [1.29, 1.82) is 0 Å². The van der Waals surface area contributed by atoms with Crippen molar-refractivity contribution >= 4 is 16.7 Å². The maximum absolute atomic E-state index is 12.5. The molecule has 0 saturated carbocycles. The van der Waals surface area contributed by atoms with Crippen LogP contribution < -0.4 is 5.32 Å². The SMILES string of the molecule is CC(C)(C)OC[C@@H](O)CN1CCN(CCNC(=O)c2ccc3ccccc3c2)CC1. The van der Waals surface area contributed by atoms with Gasteiger partial charge in [-0.3, -0.25) is 14.6 Å². The summed E-state index contributed by atoms with van der Waals surface area (Å²) < 4.78 is 5.66. The number of carbonyl (C=O) groups excluding carboxylic acids is 1. The molecule has 6 heteroatoms. The number of nitrogens with one attached hydrogen (secondary N) is 1. The minimum Gasteiger partial charge on any atom is -0.389 e. The van der Waals surface area contributed by atoms with Gasteiger partial charge in [-0.15, -0.1) is 0 Å². The summed E-state index contributed by atoms with van der Waals surface area (Å²) in [4.78, 5) is 17.1. The fourth-order valence-electron chi connectivity index (χ4n) is 3.65. The van der Waals surface area contributed by atoms with Crippen LogP contribution in [-0.2, 0) is 4.74 Å². The molecule has 1 saturated heterocycles. The third kappa shape index (κ3) is 7.06. The summed E-state index contributed by atoms with van der Waals surface area (Å²) in [5, 5.41) is 15.4. The van der Waals surface area contributed by atoms with E-state index in [9.17, 15) is 9.90 Å². The number of hydrogen-bond donors (Lipinski definition) is 2. The van der Waals surface area contributed by atoms with Gasteiger partial charge in [-0.2, -0.15) is 0 Å². The third-order valence-electron chi connectivity index (χ3n) is 5.37. The molecule has 0 unspecified atom stereocenters. The Labute approximate surface area is 179 Å². The highest BCUT2D eigenvalue weighted by atomic mass is 16.5. The van der Waals surface area contributed by atoms with Gasteiger partial charge in [0.25, 0.3) is 5.91 Å². The number of β-amino-alcohol motifs (C(OH)–C–C–N with tert-alkyl or cyclic N) is 1. The molecule has 6 nitrogen and oxygen atoms in total. The van der Waals surface area contributed by atoms with Gasteiger partial charge in [-0.05, 0) is 43.7 Å². The number of ether oxygens (including phenoxy) is 1. The highest BCUT2D eigenvalue weighted by molar-refractivity contribution is 5.98. The Morgan fingerprint density at radius 1 is 1.07 bits per heavy atom. The molecule has 2 aromatic rings. The highest BCUT2D eigenvalue weighted by Gasteiger charge is 2.20. The molecule has 0 spiro atoms. The molecule has 164 valence electrons. The highest BCUT2D eigenvalue weighted by Crippen LogP contribution is 2.15. The Balaban J connectivity index is 1.35. The number of aliphatic hydroxyl groups excluding tert-OH is 1. The van der Waals surface area contributed by atoms with E-state index in [-0.39, 0.29) is 11.5 Å². The van der Waals surface area contributed by atoms with Crippen LogP contribution in [0.2, 0.25) is 0 Å². The van der Waals surface area contributed by atoms with Crippen molar-refractivity contribution in [3.05, 3.63) is 48.0 Å². The average molecular weight is 414 g/mol. The number of hydrogen-bond acceptors (Lipinski definition) is 5. The standard InChI is InChI=1S/C24H35N3O3/c1-24(2,3)30-18-22(28)17-27-14-12-26(13-15-27)11-10-25-23(29)21-9-8-19-6-4-5-7-20(19)16-21/h4-9,16,22,28H,10-15,17-18H2,1-3H3,(H,25,29)/t22-/m0/s1. The number of rotatable bonds is 8. The van der Waals surface area contributed by atoms with Crippen molar-refractivity contribution in [3.63, 3.8) is 0 Å². The van der Waals surface area contributed by atoms with E-state index >= 15 is 0 Å². The average Bonchev–Trinajstić information content (AvgIpc) is 2.72. The Morgan fingerprint density at radius 2 is 1.73 bits per heavy atom. The van der Waals surface area contributed by atoms with E-state index in [1.54, 1.807) is 0 Å². The van der Waals surface area contributed by atoms with Crippen LogP contribution in [0, 0.1) is 0 Å². The second-order valence-corrected chi connectivity index (χ2v) is 9.04. The van der Waals surface area contributed by atoms with Crippen LogP contribution in [0.15, 0.2) is 42.5 Å². The van der Waals surface area contributed by atoms with Crippen molar-refractivity contribution in [2.45, 2.75) is 32.5 Å². The van der Waals surface area contributed by atoms with Crippen molar-refractivity contribution in [2.75, 3.05) is 52.4 Å². The molecule has 1 atom stereocenters. The zero-order valence-electron chi connectivity index (χ0n) is 18.4. The number of nitrogens with zero attached hydrogens (tertiary/aromatic N) is 2. The molecular formula is C24H35N3O3. The molecule has 1 aliphatic heterocycles. The summed E-state index contributed by atoms with van der Waals surface area (Å²) in [5.74, 6) is -0.0265. The summed E-state index contributed by atoms with van der Waals surface area (Å²) in [5.41, 5.74) is 0.474. The van der Waals surface area contributed by atoms with Crippen LogP contribution in [0.25, 0.3) is 10.8 Å². The fraction of sp³-hybridized carbons (Fsp3) is 0.542. The van der Waals surface area contributed by atoms with E-state index in [0.29, 0.717) is 25.3 Å². The van der Waals surface area contributed by atoms with Crippen LogP contribution >= 0.6 is 0 Å². The molecule has 1 aliphatic rings. The smallest absolute Gasteiger partial charge is 0.251 e. The van der Waals surface area contributed by atoms with Crippen molar-refractivity contribution in [1.82, 2.24) is 15.1 Å². The van der Waals surface area contributed by atoms with E-state index in [1.807, 2.05) is 63.2 Å². The lowest BCUT2D eigenvalue weighted by molar-refractivity contribution is -0.0585. The zero-order chi connectivity index (χ0) is 21.6. The Morgan fingerprint density at radius 3 is 2.43 bits per heavy atom. The second kappa shape index (κ2) is 10.4. The minimum absolute atomic E-state index is 0.0265. The number of carbonyl (C=O) groups is 1. The topological polar surface area (TPSA) is 65.0 Å². The van der Waals surface area contributed by atoms with Crippen LogP contribution in [0.4, 0.5) is 0 Å². The lowest BCUT2D eigenvalue weighted by Gasteiger charge is -2.35. The van der Waals surface area contributed by atoms with E-state index in [2.05, 4.69) is 15.1 Å². The first-order valence-corrected chi connectivity index (χ1v) is 10.8. The molecule has 1 fully saturated rings. The number of benzene rings is 2. The number of piperazine rings is 1. The van der Waals surface area contributed by atoms with E-state index in [0.717, 1.165) is 43.5 Å². The molecule has 2 N–H and O–H groups in total. The molecule has 0 aromatic heterocycles. The van der Waals surface area contributed by atoms with E-state index in [4.69, 9.17) is 4.74 Å². The number of fused-ring (bicyclic) bond motifs is 1. The molecule has 1 heterocycles. The maximum Gasteiger partial charge on any atom is 0.251 e. The predicted octanol–water partition coefficient (Wildman–Crippen LogP) is 2.36. The Kier molecular flexibility index (Phi) is 7.83. The Bertz CT molecular complexity index is 826. The quantitative estimate of drug-likeness (QED) is 0.696. The predicted molar refractivity (Wildman–Crippen MR) is 121 cm³/mol. The largest absolute Gasteiger partial charge is 0.389 e. The lowest BCUT2D eigenvalue weighted by Crippen LogP contribution is -2.50. The fourth-order valence-corrected chi connectivity index (χ4v) is 3.65. The van der Waals surface area contributed by atoms with Crippen LogP contribution in [0.3, 0.4) is 0 Å². The number of aliphatic hydroxyl groups is 1. The first-order valence-electron chi connectivity index (χ1n) is 10.8. The van der Waals surface area contributed by atoms with Gasteiger partial charge in [0.05, 0.1) is 18.3 Å². The third-order valence-corrected chi connectivity index (χ3v) is 5.37. The summed E-state index contributed by atoms with van der Waals surface area (Å²) in [7, 11) is 0. The Hall–Kier alpha value is -1.99. The zero-order valence-corrected chi connectivity index (χ0v) is 18.4. The summed E-state index contributed by atoms with van der Waals surface area (Å²) >= 11 is 0. The van der Waals surface area contributed by atoms with Gasteiger partial charge in [0.1, 0.15) is 0 Å². The van der Waals surface area contributed by atoms with Crippen LogP contribution in [0.1, 0.15) is 31.1 Å². The molecule has 3 rings (SSSR count). The summed E-state index contributed by atoms with van der Waals surface area (Å²) in [6.07, 6.45) is -0.461. The van der Waals surface area contributed by atoms with Crippen molar-refractivity contribution < 1.29 is 14.6 Å².